The van der Waals surface area contributed by atoms with Crippen LogP contribution in [0.4, 0.5) is 9.59 Å². The molecule has 1 aliphatic rings. The molecular formula is C12H14N4O2. The van der Waals surface area contributed by atoms with Gasteiger partial charge in [0.25, 0.3) is 0 Å². The normalized spacial score (nSPS) is 15.4. The van der Waals surface area contributed by atoms with Gasteiger partial charge in [-0.3, -0.25) is 4.90 Å². The molecule has 1 heterocycles. The molecule has 1 aromatic carbocycles. The van der Waals surface area contributed by atoms with Gasteiger partial charge >= 0.3 is 12.1 Å². The van der Waals surface area contributed by atoms with Crippen LogP contribution >= 0.6 is 0 Å². The predicted molar refractivity (Wildman–Crippen MR) is 67.4 cm³/mol. The van der Waals surface area contributed by atoms with E-state index in [9.17, 15) is 9.59 Å². The van der Waals surface area contributed by atoms with E-state index >= 15 is 0 Å². The van der Waals surface area contributed by atoms with Gasteiger partial charge in [-0.25, -0.2) is 9.59 Å². The number of aliphatic imine (C=N–C) groups is 1. The first kappa shape index (κ1) is 12.1. The quantitative estimate of drug-likeness (QED) is 0.714. The number of nitrogens with zero attached hydrogens (tertiary/aromatic N) is 2. The fourth-order valence-electron chi connectivity index (χ4n) is 1.84. The third kappa shape index (κ3) is 2.04. The van der Waals surface area contributed by atoms with Crippen molar-refractivity contribution < 1.29 is 9.59 Å². The Labute approximate surface area is 105 Å². The van der Waals surface area contributed by atoms with Gasteiger partial charge in [-0.1, -0.05) is 24.3 Å². The van der Waals surface area contributed by atoms with Crippen LogP contribution in [-0.2, 0) is 6.54 Å². The third-order valence-corrected chi connectivity index (χ3v) is 2.72. The molecule has 0 saturated heterocycles. The number of carbonyl (C=O) groups excluding carboxylic acids is 2. The Morgan fingerprint density at radius 3 is 2.61 bits per heavy atom. The highest BCUT2D eigenvalue weighted by Gasteiger charge is 2.29. The largest absolute Gasteiger partial charge is 0.342 e. The Bertz CT molecular complexity index is 525. The zero-order valence-corrected chi connectivity index (χ0v) is 10.2. The Morgan fingerprint density at radius 2 is 1.94 bits per heavy atom. The summed E-state index contributed by atoms with van der Waals surface area (Å²) >= 11 is 0. The van der Waals surface area contributed by atoms with Gasteiger partial charge in [0.2, 0.25) is 0 Å². The van der Waals surface area contributed by atoms with Gasteiger partial charge in [-0.2, -0.15) is 4.99 Å². The van der Waals surface area contributed by atoms with Gasteiger partial charge in [-0.05, 0) is 5.56 Å². The maximum Gasteiger partial charge on any atom is 0.342 e. The van der Waals surface area contributed by atoms with E-state index in [4.69, 9.17) is 0 Å². The minimum Gasteiger partial charge on any atom is -0.341 e. The molecule has 6 nitrogen and oxygen atoms in total. The van der Waals surface area contributed by atoms with Crippen LogP contribution in [0.25, 0.3) is 0 Å². The number of rotatable bonds is 0. The summed E-state index contributed by atoms with van der Waals surface area (Å²) in [6.07, 6.45) is 0. The van der Waals surface area contributed by atoms with E-state index < -0.39 is 6.03 Å². The van der Waals surface area contributed by atoms with Gasteiger partial charge in [0.15, 0.2) is 0 Å². The minimum atomic E-state index is -0.476. The Balaban J connectivity index is 2.45. The fourth-order valence-corrected chi connectivity index (χ4v) is 1.84. The van der Waals surface area contributed by atoms with E-state index in [1.807, 2.05) is 24.3 Å². The Morgan fingerprint density at radius 1 is 1.22 bits per heavy atom. The van der Waals surface area contributed by atoms with E-state index in [1.165, 1.54) is 11.9 Å². The van der Waals surface area contributed by atoms with Crippen LogP contribution in [-0.4, -0.2) is 36.9 Å². The van der Waals surface area contributed by atoms with Gasteiger partial charge in [0, 0.05) is 19.7 Å². The second-order valence-electron chi connectivity index (χ2n) is 3.79. The van der Waals surface area contributed by atoms with E-state index in [1.54, 1.807) is 7.05 Å². The molecule has 0 aliphatic carbocycles. The van der Waals surface area contributed by atoms with Gasteiger partial charge in [-0.15, -0.1) is 0 Å². The van der Waals surface area contributed by atoms with Crippen molar-refractivity contribution in [1.82, 2.24) is 15.5 Å². The average molecular weight is 246 g/mol. The fraction of sp³-hybridized carbons (Fsp3) is 0.250. The van der Waals surface area contributed by atoms with Crippen LogP contribution in [0.15, 0.2) is 29.3 Å². The van der Waals surface area contributed by atoms with Crippen LogP contribution in [0.1, 0.15) is 11.1 Å². The van der Waals surface area contributed by atoms with Gasteiger partial charge < -0.3 is 10.6 Å². The minimum absolute atomic E-state index is 0.283. The highest BCUT2D eigenvalue weighted by molar-refractivity contribution is 6.13. The van der Waals surface area contributed by atoms with E-state index in [0.29, 0.717) is 12.4 Å². The van der Waals surface area contributed by atoms with Crippen LogP contribution in [0.2, 0.25) is 0 Å². The number of fused-ring (bicyclic) bond motifs is 1. The molecule has 1 aliphatic heterocycles. The molecule has 18 heavy (non-hydrogen) atoms. The van der Waals surface area contributed by atoms with Crippen molar-refractivity contribution in [2.45, 2.75) is 6.54 Å². The van der Waals surface area contributed by atoms with Crippen molar-refractivity contribution >= 4 is 17.9 Å². The summed E-state index contributed by atoms with van der Waals surface area (Å²) in [5.41, 5.74) is 1.79. The average Bonchev–Trinajstić information content (AvgIpc) is 2.77. The Kier molecular flexibility index (Phi) is 3.27. The molecule has 0 unspecified atom stereocenters. The summed E-state index contributed by atoms with van der Waals surface area (Å²) in [5.74, 6) is 0.379. The molecule has 0 bridgehead atoms. The van der Waals surface area contributed by atoms with Crippen molar-refractivity contribution in [1.29, 1.82) is 0 Å². The van der Waals surface area contributed by atoms with Crippen molar-refractivity contribution in [3.8, 4) is 0 Å². The number of nitrogens with one attached hydrogen (secondary N) is 2. The Hall–Kier alpha value is -2.37. The SMILES string of the molecule is CNC(=O)N=C1c2ccccc2CN1C(=O)NC. The summed E-state index contributed by atoms with van der Waals surface area (Å²) in [5, 5.41) is 4.95. The summed E-state index contributed by atoms with van der Waals surface area (Å²) in [6.45, 7) is 0.422. The number of benzene rings is 1. The molecule has 0 saturated carbocycles. The van der Waals surface area contributed by atoms with Crippen molar-refractivity contribution in [2.24, 2.45) is 4.99 Å². The molecule has 4 amide bonds. The number of carbonyl (C=O) groups is 2. The topological polar surface area (TPSA) is 73.8 Å². The number of hydrogen-bond donors (Lipinski definition) is 2. The first-order valence-electron chi connectivity index (χ1n) is 5.55. The molecule has 2 rings (SSSR count). The molecule has 0 atom stereocenters. The lowest BCUT2D eigenvalue weighted by Gasteiger charge is -2.15. The van der Waals surface area contributed by atoms with Crippen molar-refractivity contribution in [2.75, 3.05) is 14.1 Å². The van der Waals surface area contributed by atoms with Crippen LogP contribution in [0, 0.1) is 0 Å². The molecule has 0 aromatic heterocycles. The maximum atomic E-state index is 11.8. The highest BCUT2D eigenvalue weighted by Crippen LogP contribution is 2.23. The summed E-state index contributed by atoms with van der Waals surface area (Å²) < 4.78 is 0. The van der Waals surface area contributed by atoms with Crippen molar-refractivity contribution in [3.63, 3.8) is 0 Å². The number of urea groups is 2. The number of hydrogen-bond acceptors (Lipinski definition) is 2. The molecule has 2 N–H and O–H groups in total. The first-order valence-corrected chi connectivity index (χ1v) is 5.55. The standard InChI is InChI=1S/C12H14N4O2/c1-13-11(17)15-10-9-6-4-3-5-8(9)7-16(10)12(18)14-2/h3-6H,7H2,1-2H3,(H,13,17)(H,14,18). The summed E-state index contributed by atoms with van der Waals surface area (Å²) in [6, 6.07) is 6.75. The summed E-state index contributed by atoms with van der Waals surface area (Å²) in [4.78, 5) is 28.5. The molecule has 0 spiro atoms. The van der Waals surface area contributed by atoms with Crippen LogP contribution < -0.4 is 10.6 Å². The zero-order valence-electron chi connectivity index (χ0n) is 10.2. The lowest BCUT2D eigenvalue weighted by atomic mass is 10.1. The second kappa shape index (κ2) is 4.87. The molecule has 6 heteroatoms. The number of amides is 4. The molecule has 0 radical (unpaired) electrons. The van der Waals surface area contributed by atoms with Gasteiger partial charge in [0.1, 0.15) is 5.84 Å². The zero-order chi connectivity index (χ0) is 13.1. The molecular weight excluding hydrogens is 232 g/mol. The summed E-state index contributed by atoms with van der Waals surface area (Å²) in [7, 11) is 3.04. The monoisotopic (exact) mass is 246 g/mol. The molecule has 94 valence electrons. The van der Waals surface area contributed by atoms with E-state index in [0.717, 1.165) is 11.1 Å². The molecule has 0 fully saturated rings. The maximum absolute atomic E-state index is 11.8. The number of amidine groups is 1. The van der Waals surface area contributed by atoms with Gasteiger partial charge in [0.05, 0.1) is 6.54 Å². The predicted octanol–water partition coefficient (Wildman–Crippen LogP) is 0.928. The first-order chi connectivity index (χ1) is 8.67. The molecule has 1 aromatic rings. The van der Waals surface area contributed by atoms with Crippen LogP contribution in [0.3, 0.4) is 0 Å². The lowest BCUT2D eigenvalue weighted by Crippen LogP contribution is -2.39. The second-order valence-corrected chi connectivity index (χ2v) is 3.79. The van der Waals surface area contributed by atoms with Crippen molar-refractivity contribution in [3.05, 3.63) is 35.4 Å². The third-order valence-electron chi connectivity index (χ3n) is 2.72. The van der Waals surface area contributed by atoms with E-state index in [2.05, 4.69) is 15.6 Å². The van der Waals surface area contributed by atoms with E-state index in [-0.39, 0.29) is 6.03 Å². The highest BCUT2D eigenvalue weighted by atomic mass is 16.2. The lowest BCUT2D eigenvalue weighted by molar-refractivity contribution is 0.223. The van der Waals surface area contributed by atoms with Crippen LogP contribution in [0.5, 0.6) is 0 Å². The smallest absolute Gasteiger partial charge is 0.341 e.